The summed E-state index contributed by atoms with van der Waals surface area (Å²) in [6.07, 6.45) is 12.8. The minimum Gasteiger partial charge on any atom is -0.393 e. The summed E-state index contributed by atoms with van der Waals surface area (Å²) in [5.74, 6) is 2.93. The molecule has 0 saturated heterocycles. The third-order valence-electron chi connectivity index (χ3n) is 9.69. The van der Waals surface area contributed by atoms with Gasteiger partial charge in [0.25, 0.3) is 0 Å². The molecule has 1 amide bonds. The van der Waals surface area contributed by atoms with E-state index < -0.39 is 0 Å². The van der Waals surface area contributed by atoms with Gasteiger partial charge in [-0.2, -0.15) is 0 Å². The predicted octanol–water partition coefficient (Wildman–Crippen LogP) is 5.09. The van der Waals surface area contributed by atoms with Crippen LogP contribution in [0.15, 0.2) is 11.6 Å². The second-order valence-corrected chi connectivity index (χ2v) is 11.0. The van der Waals surface area contributed by atoms with Crippen molar-refractivity contribution in [3.05, 3.63) is 11.6 Å². The van der Waals surface area contributed by atoms with Gasteiger partial charge in [0.05, 0.1) is 6.10 Å². The van der Waals surface area contributed by atoms with E-state index in [-0.39, 0.29) is 23.3 Å². The van der Waals surface area contributed by atoms with E-state index in [0.717, 1.165) is 32.2 Å². The average molecular weight is 388 g/mol. The van der Waals surface area contributed by atoms with Crippen molar-refractivity contribution in [1.82, 2.24) is 5.32 Å². The quantitative estimate of drug-likeness (QED) is 0.660. The summed E-state index contributed by atoms with van der Waals surface area (Å²) in [4.78, 5) is 12.7. The summed E-state index contributed by atoms with van der Waals surface area (Å²) in [6, 6.07) is 0. The molecule has 4 aliphatic rings. The Hall–Kier alpha value is -0.830. The van der Waals surface area contributed by atoms with Crippen molar-refractivity contribution in [3.63, 3.8) is 0 Å². The molecule has 3 fully saturated rings. The average Bonchev–Trinajstić information content (AvgIpc) is 3.03. The van der Waals surface area contributed by atoms with Crippen LogP contribution in [0.25, 0.3) is 0 Å². The van der Waals surface area contributed by atoms with Gasteiger partial charge in [0.1, 0.15) is 0 Å². The number of aliphatic hydroxyl groups excluding tert-OH is 1. The van der Waals surface area contributed by atoms with Gasteiger partial charge >= 0.3 is 0 Å². The van der Waals surface area contributed by atoms with E-state index in [1.165, 1.54) is 32.1 Å². The Bertz CT molecular complexity index is 642. The minimum atomic E-state index is -0.0831. The Morgan fingerprint density at radius 1 is 1.18 bits per heavy atom. The molecule has 2 N–H and O–H groups in total. The summed E-state index contributed by atoms with van der Waals surface area (Å²) < 4.78 is 0. The molecule has 0 radical (unpaired) electrons. The molecule has 3 saturated carbocycles. The molecule has 0 unspecified atom stereocenters. The smallest absolute Gasteiger partial charge is 0.223 e. The molecule has 3 nitrogen and oxygen atoms in total. The maximum atomic E-state index is 12.7. The molecular formula is C25H41NO2. The lowest BCUT2D eigenvalue weighted by Crippen LogP contribution is -2.50. The molecule has 8 atom stereocenters. The normalized spacial score (nSPS) is 46.0. The van der Waals surface area contributed by atoms with Crippen LogP contribution >= 0.6 is 0 Å². The maximum Gasteiger partial charge on any atom is 0.223 e. The number of amides is 1. The summed E-state index contributed by atoms with van der Waals surface area (Å²) in [5, 5.41) is 13.3. The zero-order valence-electron chi connectivity index (χ0n) is 18.5. The van der Waals surface area contributed by atoms with E-state index in [0.29, 0.717) is 29.1 Å². The topological polar surface area (TPSA) is 49.3 Å². The lowest BCUT2D eigenvalue weighted by atomic mass is 9.47. The predicted molar refractivity (Wildman–Crippen MR) is 114 cm³/mol. The number of hydrogen-bond donors (Lipinski definition) is 2. The molecule has 3 heteroatoms. The molecule has 28 heavy (non-hydrogen) atoms. The second kappa shape index (κ2) is 7.45. The lowest BCUT2D eigenvalue weighted by molar-refractivity contribution is -0.128. The Morgan fingerprint density at radius 2 is 1.89 bits per heavy atom. The van der Waals surface area contributed by atoms with Gasteiger partial charge in [0.15, 0.2) is 0 Å². The highest BCUT2D eigenvalue weighted by Gasteiger charge is 2.58. The zero-order valence-corrected chi connectivity index (χ0v) is 18.5. The van der Waals surface area contributed by atoms with Crippen LogP contribution in [0, 0.1) is 40.4 Å². The van der Waals surface area contributed by atoms with Crippen LogP contribution in [-0.4, -0.2) is 23.7 Å². The first-order chi connectivity index (χ1) is 13.3. The van der Waals surface area contributed by atoms with Gasteiger partial charge in [-0.15, -0.1) is 0 Å². The highest BCUT2D eigenvalue weighted by molar-refractivity contribution is 5.78. The molecule has 4 aliphatic carbocycles. The first-order valence-electron chi connectivity index (χ1n) is 12.0. The van der Waals surface area contributed by atoms with Gasteiger partial charge < -0.3 is 10.4 Å². The molecule has 0 aromatic rings. The van der Waals surface area contributed by atoms with Crippen LogP contribution in [0.2, 0.25) is 0 Å². The lowest BCUT2D eigenvalue weighted by Gasteiger charge is -2.57. The number of rotatable bonds is 4. The fourth-order valence-electron chi connectivity index (χ4n) is 7.94. The Labute approximate surface area is 171 Å². The number of carbonyl (C=O) groups excluding carboxylic acids is 1. The van der Waals surface area contributed by atoms with E-state index >= 15 is 0 Å². The molecule has 158 valence electrons. The van der Waals surface area contributed by atoms with Crippen molar-refractivity contribution < 1.29 is 9.90 Å². The van der Waals surface area contributed by atoms with Crippen LogP contribution in [-0.2, 0) is 4.79 Å². The standard InChI is InChI=1S/C25H41NO2/c1-5-14-26-23(28)16(2)20-8-9-21-19-7-6-17-15-18(27)10-12-24(17,3)22(19)11-13-25(20,21)4/h7,16-18,20-22,27H,5-6,8-15H2,1-4H3,(H,26,28)/t16-,17-,18-,20+,21-,22-,24-,25+/m0/s1. The highest BCUT2D eigenvalue weighted by Crippen LogP contribution is 2.66. The van der Waals surface area contributed by atoms with Crippen molar-refractivity contribution in [2.24, 2.45) is 40.4 Å². The van der Waals surface area contributed by atoms with Gasteiger partial charge in [0.2, 0.25) is 5.91 Å². The van der Waals surface area contributed by atoms with Crippen molar-refractivity contribution in [2.45, 2.75) is 91.6 Å². The number of nitrogens with one attached hydrogen (secondary N) is 1. The summed E-state index contributed by atoms with van der Waals surface area (Å²) in [7, 11) is 0. The monoisotopic (exact) mass is 387 g/mol. The number of hydrogen-bond acceptors (Lipinski definition) is 2. The summed E-state index contributed by atoms with van der Waals surface area (Å²) in [5.41, 5.74) is 2.41. The van der Waals surface area contributed by atoms with Gasteiger partial charge in [0, 0.05) is 12.5 Å². The zero-order chi connectivity index (χ0) is 20.1. The van der Waals surface area contributed by atoms with E-state index in [4.69, 9.17) is 0 Å². The Kier molecular flexibility index (Phi) is 5.44. The molecule has 0 aromatic heterocycles. The fourth-order valence-corrected chi connectivity index (χ4v) is 7.94. The fraction of sp³-hybridized carbons (Fsp3) is 0.880. The van der Waals surface area contributed by atoms with Crippen LogP contribution in [0.5, 0.6) is 0 Å². The highest BCUT2D eigenvalue weighted by atomic mass is 16.3. The molecule has 0 heterocycles. The third-order valence-corrected chi connectivity index (χ3v) is 9.69. The van der Waals surface area contributed by atoms with E-state index in [2.05, 4.69) is 39.1 Å². The Balaban J connectivity index is 1.56. The van der Waals surface area contributed by atoms with E-state index in [1.807, 2.05) is 0 Å². The van der Waals surface area contributed by atoms with Crippen LogP contribution in [0.3, 0.4) is 0 Å². The van der Waals surface area contributed by atoms with E-state index in [9.17, 15) is 9.90 Å². The van der Waals surface area contributed by atoms with Crippen LogP contribution < -0.4 is 5.32 Å². The number of allylic oxidation sites excluding steroid dienone is 2. The van der Waals surface area contributed by atoms with Gasteiger partial charge in [-0.25, -0.2) is 0 Å². The minimum absolute atomic E-state index is 0.0831. The largest absolute Gasteiger partial charge is 0.393 e. The number of fused-ring (bicyclic) bond motifs is 5. The SMILES string of the molecule is CCCNC(=O)[C@@H](C)[C@H]1CC[C@H]2C3=CC[C@H]4C[C@@H](O)CC[C@]4(C)[C@H]3CC[C@]12C. The maximum absolute atomic E-state index is 12.7. The molecule has 0 aromatic carbocycles. The van der Waals surface area contributed by atoms with Crippen LogP contribution in [0.1, 0.15) is 85.5 Å². The molecule has 0 spiro atoms. The van der Waals surface area contributed by atoms with Crippen molar-refractivity contribution in [2.75, 3.05) is 6.54 Å². The van der Waals surface area contributed by atoms with Crippen molar-refractivity contribution >= 4 is 5.91 Å². The first-order valence-corrected chi connectivity index (χ1v) is 12.0. The second-order valence-electron chi connectivity index (χ2n) is 11.0. The Morgan fingerprint density at radius 3 is 2.64 bits per heavy atom. The third kappa shape index (κ3) is 3.07. The summed E-state index contributed by atoms with van der Waals surface area (Å²) >= 11 is 0. The summed E-state index contributed by atoms with van der Waals surface area (Å²) in [6.45, 7) is 10.1. The number of aliphatic hydroxyl groups is 1. The molecule has 0 bridgehead atoms. The van der Waals surface area contributed by atoms with Gasteiger partial charge in [-0.3, -0.25) is 4.79 Å². The molecule has 0 aliphatic heterocycles. The number of carbonyl (C=O) groups is 1. The van der Waals surface area contributed by atoms with Gasteiger partial charge in [-0.05, 0) is 92.3 Å². The van der Waals surface area contributed by atoms with Crippen molar-refractivity contribution in [1.29, 1.82) is 0 Å². The van der Waals surface area contributed by atoms with Gasteiger partial charge in [-0.1, -0.05) is 39.3 Å². The first kappa shape index (κ1) is 20.4. The molecular weight excluding hydrogens is 346 g/mol. The van der Waals surface area contributed by atoms with E-state index in [1.54, 1.807) is 5.57 Å². The van der Waals surface area contributed by atoms with Crippen LogP contribution in [0.4, 0.5) is 0 Å². The molecule has 4 rings (SSSR count). The van der Waals surface area contributed by atoms with Crippen molar-refractivity contribution in [3.8, 4) is 0 Å².